The highest BCUT2D eigenvalue weighted by atomic mass is 79.9. The fraction of sp³-hybridized carbons (Fsp3) is 0.100. The molecule has 3 aromatic rings. The van der Waals surface area contributed by atoms with Crippen LogP contribution in [-0.2, 0) is 4.79 Å². The normalized spacial score (nSPS) is 11.0. The Kier molecular flexibility index (Phi) is 5.46. The molecule has 0 fully saturated rings. The summed E-state index contributed by atoms with van der Waals surface area (Å²) in [6.45, 7) is 1.89. The lowest BCUT2D eigenvalue weighted by Crippen LogP contribution is -2.24. The van der Waals surface area contributed by atoms with E-state index in [4.69, 9.17) is 4.74 Å². The van der Waals surface area contributed by atoms with Gasteiger partial charge in [-0.2, -0.15) is 5.10 Å². The Hall–Kier alpha value is -2.66. The number of fused-ring (bicyclic) bond motifs is 1. The molecule has 0 aliphatic heterocycles. The molecule has 0 saturated heterocycles. The molecule has 25 heavy (non-hydrogen) atoms. The molecule has 3 rings (SSSR count). The number of nitrogens with one attached hydrogen (secondary N) is 1. The smallest absolute Gasteiger partial charge is 0.277 e. The highest BCUT2D eigenvalue weighted by molar-refractivity contribution is 9.10. The van der Waals surface area contributed by atoms with Crippen molar-refractivity contribution in [2.24, 2.45) is 5.10 Å². The van der Waals surface area contributed by atoms with E-state index in [2.05, 4.69) is 32.5 Å². The summed E-state index contributed by atoms with van der Waals surface area (Å²) >= 11 is 3.41. The van der Waals surface area contributed by atoms with Crippen LogP contribution in [0.25, 0.3) is 10.8 Å². The summed E-state index contributed by atoms with van der Waals surface area (Å²) in [5.74, 6) is 0.309. The second kappa shape index (κ2) is 7.94. The monoisotopic (exact) mass is 396 g/mol. The molecule has 4 nitrogen and oxygen atoms in total. The molecule has 0 heterocycles. The second-order valence-corrected chi connectivity index (χ2v) is 6.48. The maximum atomic E-state index is 11.8. The fourth-order valence-electron chi connectivity index (χ4n) is 2.37. The van der Waals surface area contributed by atoms with Crippen molar-refractivity contribution >= 4 is 38.8 Å². The minimum Gasteiger partial charge on any atom is -0.483 e. The fourth-order valence-corrected chi connectivity index (χ4v) is 2.97. The van der Waals surface area contributed by atoms with Gasteiger partial charge in [0.15, 0.2) is 6.61 Å². The summed E-state index contributed by atoms with van der Waals surface area (Å²) in [4.78, 5) is 11.8. The first-order chi connectivity index (χ1) is 12.1. The summed E-state index contributed by atoms with van der Waals surface area (Å²) in [7, 11) is 0. The summed E-state index contributed by atoms with van der Waals surface area (Å²) in [5.41, 5.74) is 4.50. The molecule has 0 unspecified atom stereocenters. The Balaban J connectivity index is 1.54. The molecule has 1 amide bonds. The predicted molar refractivity (Wildman–Crippen MR) is 104 cm³/mol. The van der Waals surface area contributed by atoms with Crippen LogP contribution in [0.1, 0.15) is 11.1 Å². The Morgan fingerprint density at radius 3 is 2.72 bits per heavy atom. The molecule has 0 spiro atoms. The zero-order valence-corrected chi connectivity index (χ0v) is 15.3. The van der Waals surface area contributed by atoms with Gasteiger partial charge in [0.25, 0.3) is 5.91 Å². The third kappa shape index (κ3) is 4.67. The van der Waals surface area contributed by atoms with Crippen LogP contribution in [0.5, 0.6) is 5.75 Å². The number of nitrogens with zero attached hydrogens (tertiary/aromatic N) is 1. The molecule has 0 aliphatic rings. The van der Waals surface area contributed by atoms with E-state index in [0.29, 0.717) is 5.75 Å². The molecule has 0 atom stereocenters. The molecule has 0 saturated carbocycles. The zero-order valence-electron chi connectivity index (χ0n) is 13.7. The number of aryl methyl sites for hydroxylation is 1. The lowest BCUT2D eigenvalue weighted by Gasteiger charge is -2.07. The lowest BCUT2D eigenvalue weighted by atomic mass is 10.1. The van der Waals surface area contributed by atoms with E-state index in [1.165, 1.54) is 5.39 Å². The predicted octanol–water partition coefficient (Wildman–Crippen LogP) is 4.44. The maximum absolute atomic E-state index is 11.8. The van der Waals surface area contributed by atoms with Gasteiger partial charge in [0.1, 0.15) is 5.75 Å². The molecule has 0 radical (unpaired) electrons. The van der Waals surface area contributed by atoms with Gasteiger partial charge in [-0.25, -0.2) is 5.43 Å². The summed E-state index contributed by atoms with van der Waals surface area (Å²) in [6.07, 6.45) is 1.62. The van der Waals surface area contributed by atoms with Crippen molar-refractivity contribution in [3.63, 3.8) is 0 Å². The quantitative estimate of drug-likeness (QED) is 0.511. The summed E-state index contributed by atoms with van der Waals surface area (Å²) < 4.78 is 6.30. The third-order valence-electron chi connectivity index (χ3n) is 3.62. The van der Waals surface area contributed by atoms with E-state index in [9.17, 15) is 4.79 Å². The minimum atomic E-state index is -0.315. The first-order valence-electron chi connectivity index (χ1n) is 7.81. The van der Waals surface area contributed by atoms with Crippen molar-refractivity contribution in [1.82, 2.24) is 5.43 Å². The van der Waals surface area contributed by atoms with Gasteiger partial charge in [0, 0.05) is 0 Å². The van der Waals surface area contributed by atoms with Crippen molar-refractivity contribution < 1.29 is 9.53 Å². The Morgan fingerprint density at radius 2 is 1.92 bits per heavy atom. The van der Waals surface area contributed by atoms with Crippen molar-refractivity contribution in [1.29, 1.82) is 0 Å². The van der Waals surface area contributed by atoms with Crippen molar-refractivity contribution in [2.75, 3.05) is 6.61 Å². The van der Waals surface area contributed by atoms with Gasteiger partial charge in [-0.15, -0.1) is 0 Å². The number of hydrogen-bond donors (Lipinski definition) is 1. The van der Waals surface area contributed by atoms with Crippen LogP contribution < -0.4 is 10.2 Å². The van der Waals surface area contributed by atoms with Gasteiger partial charge in [0.05, 0.1) is 10.7 Å². The van der Waals surface area contributed by atoms with Crippen LogP contribution in [0.2, 0.25) is 0 Å². The highest BCUT2D eigenvalue weighted by Crippen LogP contribution is 2.25. The van der Waals surface area contributed by atoms with Gasteiger partial charge in [-0.1, -0.05) is 42.5 Å². The molecular formula is C20H17BrN2O2. The number of carbonyl (C=O) groups excluding carboxylic acids is 1. The van der Waals surface area contributed by atoms with E-state index >= 15 is 0 Å². The molecule has 0 aromatic heterocycles. The third-order valence-corrected chi connectivity index (χ3v) is 4.24. The number of halogens is 1. The number of hydrogen-bond acceptors (Lipinski definition) is 3. The summed E-state index contributed by atoms with van der Waals surface area (Å²) in [6, 6.07) is 19.8. The molecule has 0 bridgehead atoms. The maximum Gasteiger partial charge on any atom is 0.277 e. The Labute approximate surface area is 154 Å². The number of carbonyl (C=O) groups is 1. The Morgan fingerprint density at radius 1 is 1.12 bits per heavy atom. The number of ether oxygens (including phenoxy) is 1. The van der Waals surface area contributed by atoms with Gasteiger partial charge < -0.3 is 4.74 Å². The van der Waals surface area contributed by atoms with E-state index in [-0.39, 0.29) is 12.5 Å². The van der Waals surface area contributed by atoms with Crippen LogP contribution in [0.4, 0.5) is 0 Å². The molecule has 1 N–H and O–H groups in total. The van der Waals surface area contributed by atoms with Gasteiger partial charge in [-0.3, -0.25) is 4.79 Å². The molecule has 126 valence electrons. The van der Waals surface area contributed by atoms with E-state index < -0.39 is 0 Å². The molecule has 3 aromatic carbocycles. The highest BCUT2D eigenvalue weighted by Gasteiger charge is 2.05. The molecule has 5 heteroatoms. The standard InChI is InChI=1S/C20H17BrN2O2/c1-14-6-9-19(18(21)10-14)25-13-20(24)23-22-12-15-7-8-16-4-2-3-5-17(16)11-15/h2-12H,13H2,1H3,(H,23,24)/b22-12+. The average Bonchev–Trinajstić information content (AvgIpc) is 2.61. The van der Waals surface area contributed by atoms with Crippen molar-refractivity contribution in [3.05, 3.63) is 76.3 Å². The average molecular weight is 397 g/mol. The number of benzene rings is 3. The largest absolute Gasteiger partial charge is 0.483 e. The van der Waals surface area contributed by atoms with E-state index in [1.54, 1.807) is 6.21 Å². The number of hydrazone groups is 1. The number of amides is 1. The number of rotatable bonds is 5. The van der Waals surface area contributed by atoms with Crippen LogP contribution in [0.3, 0.4) is 0 Å². The SMILES string of the molecule is Cc1ccc(OCC(=O)N/N=C/c2ccc3ccccc3c2)c(Br)c1. The molecule has 0 aliphatic carbocycles. The topological polar surface area (TPSA) is 50.7 Å². The van der Waals surface area contributed by atoms with Crippen LogP contribution >= 0.6 is 15.9 Å². The first kappa shape index (κ1) is 17.2. The summed E-state index contributed by atoms with van der Waals surface area (Å²) in [5, 5.41) is 6.28. The van der Waals surface area contributed by atoms with Gasteiger partial charge in [0.2, 0.25) is 0 Å². The van der Waals surface area contributed by atoms with Crippen LogP contribution in [0, 0.1) is 6.92 Å². The van der Waals surface area contributed by atoms with Crippen molar-refractivity contribution in [2.45, 2.75) is 6.92 Å². The van der Waals surface area contributed by atoms with Gasteiger partial charge >= 0.3 is 0 Å². The Bertz CT molecular complexity index is 938. The van der Waals surface area contributed by atoms with Gasteiger partial charge in [-0.05, 0) is 63.0 Å². The zero-order chi connectivity index (χ0) is 17.6. The van der Waals surface area contributed by atoms with E-state index in [0.717, 1.165) is 21.0 Å². The lowest BCUT2D eigenvalue weighted by molar-refractivity contribution is -0.123. The molecular weight excluding hydrogens is 380 g/mol. The van der Waals surface area contributed by atoms with E-state index in [1.807, 2.05) is 61.5 Å². The van der Waals surface area contributed by atoms with Crippen molar-refractivity contribution in [3.8, 4) is 5.75 Å². The minimum absolute atomic E-state index is 0.100. The van der Waals surface area contributed by atoms with Crippen LogP contribution in [0.15, 0.2) is 70.2 Å². The first-order valence-corrected chi connectivity index (χ1v) is 8.61. The van der Waals surface area contributed by atoms with Crippen LogP contribution in [-0.4, -0.2) is 18.7 Å². The second-order valence-electron chi connectivity index (χ2n) is 5.62.